The lowest BCUT2D eigenvalue weighted by Crippen LogP contribution is -2.40. The van der Waals surface area contributed by atoms with E-state index in [9.17, 15) is 9.59 Å². The second-order valence-electron chi connectivity index (χ2n) is 6.74. The van der Waals surface area contributed by atoms with Crippen LogP contribution in [0, 0.1) is 11.8 Å². The third-order valence-electron chi connectivity index (χ3n) is 4.69. The van der Waals surface area contributed by atoms with Crippen LogP contribution in [0.15, 0.2) is 29.3 Å². The molecule has 1 amide bonds. The summed E-state index contributed by atoms with van der Waals surface area (Å²) in [5.41, 5.74) is 1.60. The van der Waals surface area contributed by atoms with Gasteiger partial charge in [-0.25, -0.2) is 4.99 Å². The number of benzene rings is 1. The number of ether oxygens (including phenoxy) is 1. The number of esters is 1. The molecule has 2 atom stereocenters. The van der Waals surface area contributed by atoms with E-state index in [1.54, 1.807) is 6.07 Å². The Hall–Kier alpha value is -1.84. The zero-order valence-electron chi connectivity index (χ0n) is 17.0. The summed E-state index contributed by atoms with van der Waals surface area (Å²) >= 11 is 0. The van der Waals surface area contributed by atoms with E-state index in [2.05, 4.69) is 22.5 Å². The Morgan fingerprint density at radius 3 is 2.57 bits per heavy atom. The molecule has 0 saturated carbocycles. The summed E-state index contributed by atoms with van der Waals surface area (Å²) in [6.45, 7) is 9.12. The van der Waals surface area contributed by atoms with Gasteiger partial charge in [-0.1, -0.05) is 19.1 Å². The molecule has 28 heavy (non-hydrogen) atoms. The van der Waals surface area contributed by atoms with Crippen molar-refractivity contribution in [3.63, 3.8) is 0 Å². The number of halogens is 1. The van der Waals surface area contributed by atoms with Crippen molar-refractivity contribution in [1.82, 2.24) is 15.5 Å². The number of hydrogen-bond donors (Lipinski definition) is 2. The van der Waals surface area contributed by atoms with Gasteiger partial charge in [0.15, 0.2) is 5.96 Å². The van der Waals surface area contributed by atoms with Crippen LogP contribution in [0.1, 0.15) is 36.7 Å². The first-order chi connectivity index (χ1) is 13.0. The molecule has 1 saturated heterocycles. The van der Waals surface area contributed by atoms with E-state index in [0.717, 1.165) is 24.6 Å². The van der Waals surface area contributed by atoms with Gasteiger partial charge in [0.25, 0.3) is 5.91 Å². The van der Waals surface area contributed by atoms with Crippen molar-refractivity contribution < 1.29 is 14.3 Å². The molecular weight excluding hydrogens is 471 g/mol. The van der Waals surface area contributed by atoms with E-state index in [-0.39, 0.29) is 47.7 Å². The van der Waals surface area contributed by atoms with Gasteiger partial charge in [0.2, 0.25) is 0 Å². The maximum absolute atomic E-state index is 12.0. The molecule has 1 aliphatic rings. The van der Waals surface area contributed by atoms with Crippen LogP contribution in [0.3, 0.4) is 0 Å². The summed E-state index contributed by atoms with van der Waals surface area (Å²) in [7, 11) is 1.43. The average molecular weight is 502 g/mol. The predicted molar refractivity (Wildman–Crippen MR) is 121 cm³/mol. The number of rotatable bonds is 6. The first-order valence-corrected chi connectivity index (χ1v) is 9.48. The fourth-order valence-corrected chi connectivity index (χ4v) is 3.26. The molecule has 156 valence electrons. The van der Waals surface area contributed by atoms with Crippen LogP contribution in [0.4, 0.5) is 0 Å². The Morgan fingerprint density at radius 2 is 1.93 bits per heavy atom. The maximum atomic E-state index is 12.0. The number of likely N-dealkylation sites (tertiary alicyclic amines) is 1. The minimum Gasteiger partial charge on any atom is -0.469 e. The first kappa shape index (κ1) is 24.2. The smallest absolute Gasteiger partial charge is 0.310 e. The monoisotopic (exact) mass is 502 g/mol. The molecule has 1 aromatic rings. The van der Waals surface area contributed by atoms with Crippen molar-refractivity contribution in [3.05, 3.63) is 35.4 Å². The molecule has 1 aliphatic heterocycles. The lowest BCUT2D eigenvalue weighted by molar-refractivity contribution is -0.145. The Balaban J connectivity index is 0.00000392. The van der Waals surface area contributed by atoms with Gasteiger partial charge in [0.1, 0.15) is 0 Å². The zero-order chi connectivity index (χ0) is 19.8. The summed E-state index contributed by atoms with van der Waals surface area (Å²) in [6, 6.07) is 7.49. The zero-order valence-corrected chi connectivity index (χ0v) is 19.4. The SMILES string of the molecule is CCNC(=O)c1cccc(CN=C(NCC)N2CC(C)C(C(=O)OC)C2)c1.I. The molecule has 2 rings (SSSR count). The largest absolute Gasteiger partial charge is 0.469 e. The lowest BCUT2D eigenvalue weighted by Gasteiger charge is -2.21. The van der Waals surface area contributed by atoms with Crippen LogP contribution in [-0.4, -0.2) is 56.0 Å². The Kier molecular flexibility index (Phi) is 10.3. The summed E-state index contributed by atoms with van der Waals surface area (Å²) in [5, 5.41) is 6.10. The molecule has 2 N–H and O–H groups in total. The number of nitrogens with one attached hydrogen (secondary N) is 2. The lowest BCUT2D eigenvalue weighted by atomic mass is 9.99. The third kappa shape index (κ3) is 6.35. The fraction of sp³-hybridized carbons (Fsp3) is 0.550. The van der Waals surface area contributed by atoms with E-state index in [1.807, 2.05) is 32.0 Å². The minimum atomic E-state index is -0.171. The number of methoxy groups -OCH3 is 1. The van der Waals surface area contributed by atoms with Gasteiger partial charge in [0.05, 0.1) is 19.6 Å². The highest BCUT2D eigenvalue weighted by atomic mass is 127. The van der Waals surface area contributed by atoms with Crippen LogP contribution < -0.4 is 10.6 Å². The molecule has 0 aliphatic carbocycles. The standard InChI is InChI=1S/C20H30N4O3.HI/c1-5-21-18(25)16-9-7-8-15(10-16)11-23-20(22-6-2)24-12-14(3)17(13-24)19(26)27-4;/h7-10,14,17H,5-6,11-13H2,1-4H3,(H,21,25)(H,22,23);1H. The fourth-order valence-electron chi connectivity index (χ4n) is 3.26. The van der Waals surface area contributed by atoms with Gasteiger partial charge in [0, 0.05) is 31.7 Å². The highest BCUT2D eigenvalue weighted by molar-refractivity contribution is 14.0. The van der Waals surface area contributed by atoms with Crippen LogP contribution >= 0.6 is 24.0 Å². The van der Waals surface area contributed by atoms with Gasteiger partial charge in [-0.3, -0.25) is 9.59 Å². The first-order valence-electron chi connectivity index (χ1n) is 9.48. The van der Waals surface area contributed by atoms with Crippen LogP contribution in [0.5, 0.6) is 0 Å². The van der Waals surface area contributed by atoms with E-state index >= 15 is 0 Å². The highest BCUT2D eigenvalue weighted by Gasteiger charge is 2.36. The molecule has 7 nitrogen and oxygen atoms in total. The topological polar surface area (TPSA) is 83.0 Å². The molecule has 0 bridgehead atoms. The molecule has 8 heteroatoms. The summed E-state index contributed by atoms with van der Waals surface area (Å²) in [6.07, 6.45) is 0. The van der Waals surface area contributed by atoms with Crippen molar-refractivity contribution in [2.24, 2.45) is 16.8 Å². The van der Waals surface area contributed by atoms with E-state index in [1.165, 1.54) is 7.11 Å². The second kappa shape index (κ2) is 11.9. The van der Waals surface area contributed by atoms with E-state index in [4.69, 9.17) is 9.73 Å². The summed E-state index contributed by atoms with van der Waals surface area (Å²) in [5.74, 6) is 0.599. The number of hydrogen-bond acceptors (Lipinski definition) is 4. The van der Waals surface area contributed by atoms with Crippen LogP contribution in [-0.2, 0) is 16.1 Å². The molecule has 1 aromatic carbocycles. The third-order valence-corrected chi connectivity index (χ3v) is 4.69. The maximum Gasteiger partial charge on any atom is 0.310 e. The Morgan fingerprint density at radius 1 is 1.21 bits per heavy atom. The number of guanidine groups is 1. The van der Waals surface area contributed by atoms with Crippen molar-refractivity contribution in [1.29, 1.82) is 0 Å². The van der Waals surface area contributed by atoms with Gasteiger partial charge in [-0.2, -0.15) is 0 Å². The second-order valence-corrected chi connectivity index (χ2v) is 6.74. The quantitative estimate of drug-likeness (QED) is 0.270. The van der Waals surface area contributed by atoms with Crippen molar-refractivity contribution in [2.45, 2.75) is 27.3 Å². The van der Waals surface area contributed by atoms with Gasteiger partial charge >= 0.3 is 5.97 Å². The van der Waals surface area contributed by atoms with Gasteiger partial charge in [-0.15, -0.1) is 24.0 Å². The highest BCUT2D eigenvalue weighted by Crippen LogP contribution is 2.24. The molecular formula is C20H31IN4O3. The summed E-state index contributed by atoms with van der Waals surface area (Å²) < 4.78 is 4.91. The molecule has 0 spiro atoms. The number of carbonyl (C=O) groups excluding carboxylic acids is 2. The number of amides is 1. The van der Waals surface area contributed by atoms with Crippen LogP contribution in [0.2, 0.25) is 0 Å². The van der Waals surface area contributed by atoms with Gasteiger partial charge in [-0.05, 0) is 37.5 Å². The van der Waals surface area contributed by atoms with Crippen molar-refractivity contribution in [2.75, 3.05) is 33.3 Å². The molecule has 0 aromatic heterocycles. The predicted octanol–water partition coefficient (Wildman–Crippen LogP) is 2.26. The molecule has 1 heterocycles. The van der Waals surface area contributed by atoms with E-state index < -0.39 is 0 Å². The number of nitrogens with zero attached hydrogens (tertiary/aromatic N) is 2. The average Bonchev–Trinajstić information content (AvgIpc) is 3.06. The Bertz CT molecular complexity index is 696. The van der Waals surface area contributed by atoms with Crippen molar-refractivity contribution in [3.8, 4) is 0 Å². The minimum absolute atomic E-state index is 0. The molecule has 0 radical (unpaired) electrons. The normalized spacial score (nSPS) is 19.0. The number of carbonyl (C=O) groups is 2. The molecule has 1 fully saturated rings. The number of aliphatic imine (C=N–C) groups is 1. The van der Waals surface area contributed by atoms with Gasteiger partial charge < -0.3 is 20.3 Å². The summed E-state index contributed by atoms with van der Waals surface area (Å²) in [4.78, 5) is 30.8. The van der Waals surface area contributed by atoms with Crippen molar-refractivity contribution >= 4 is 41.8 Å². The molecule has 2 unspecified atom stereocenters. The Labute approximate surface area is 184 Å². The van der Waals surface area contributed by atoms with E-state index in [0.29, 0.717) is 25.2 Å². The van der Waals surface area contributed by atoms with Crippen LogP contribution in [0.25, 0.3) is 0 Å².